The molecular formula is C60H44Br4O8. The highest BCUT2D eigenvalue weighted by Crippen LogP contribution is 2.59. The number of hydrogen-bond acceptors (Lipinski definition) is 8. The molecule has 8 aromatic rings. The molecule has 0 atom stereocenters. The van der Waals surface area contributed by atoms with Gasteiger partial charge < -0.3 is 37.9 Å². The quantitative estimate of drug-likeness (QED) is 0.173. The largest absolute Gasteiger partial charge is 0.457 e. The molecule has 1 aliphatic carbocycles. The van der Waals surface area contributed by atoms with Crippen LogP contribution in [0.25, 0.3) is 0 Å². The Labute approximate surface area is 451 Å². The minimum atomic E-state index is -0.392. The first kappa shape index (κ1) is 45.9. The molecule has 0 amide bonds. The summed E-state index contributed by atoms with van der Waals surface area (Å²) < 4.78 is 58.8. The van der Waals surface area contributed by atoms with Crippen molar-refractivity contribution in [1.82, 2.24) is 0 Å². The summed E-state index contributed by atoms with van der Waals surface area (Å²) in [5, 5.41) is 0. The smallest absolute Gasteiger partial charge is 0.230 e. The molecule has 0 saturated heterocycles. The summed E-state index contributed by atoms with van der Waals surface area (Å²) in [6, 6.07) is 43.6. The van der Waals surface area contributed by atoms with E-state index in [0.717, 1.165) is 107 Å². The zero-order valence-corrected chi connectivity index (χ0v) is 45.8. The van der Waals surface area contributed by atoms with E-state index < -0.39 is 23.7 Å². The Morgan fingerprint density at radius 1 is 0.264 bits per heavy atom. The third kappa shape index (κ3) is 7.36. The number of hydrogen-bond donors (Lipinski definition) is 0. The minimum Gasteiger partial charge on any atom is -0.457 e. The van der Waals surface area contributed by atoms with Crippen molar-refractivity contribution in [1.29, 1.82) is 0 Å². The van der Waals surface area contributed by atoms with Crippen LogP contribution in [-0.4, -0.2) is 27.2 Å². The van der Waals surface area contributed by atoms with E-state index in [1.807, 2.05) is 0 Å². The van der Waals surface area contributed by atoms with Crippen LogP contribution in [0.5, 0.6) is 46.0 Å². The van der Waals surface area contributed by atoms with E-state index in [4.69, 9.17) is 37.9 Å². The molecule has 8 aromatic carbocycles. The van der Waals surface area contributed by atoms with E-state index in [1.165, 1.54) is 0 Å². The van der Waals surface area contributed by atoms with Gasteiger partial charge in [-0.3, -0.25) is 0 Å². The molecule has 72 heavy (non-hydrogen) atoms. The molecule has 0 aromatic heterocycles. The fourth-order valence-corrected chi connectivity index (χ4v) is 13.0. The predicted octanol–water partition coefficient (Wildman–Crippen LogP) is 15.9. The summed E-state index contributed by atoms with van der Waals surface area (Å²) in [5.74, 6) is 3.98. The van der Waals surface area contributed by atoms with Gasteiger partial charge in [0.2, 0.25) is 27.2 Å². The SMILES string of the molecule is Cc1c2c3cc4c1OCOc1c(cc5c(c1C)OCOc1c(cc6c(c1C)OCOc1c(cc(c(c1C)OCO2)C3c1ccc(Br)cc1)C6c1ccc(Br)cc1)C5c1ccc(Br)cc1)C4c1ccc(Br)cc1. The van der Waals surface area contributed by atoms with Gasteiger partial charge in [0.1, 0.15) is 46.0 Å². The number of benzene rings is 8. The number of rotatable bonds is 4. The van der Waals surface area contributed by atoms with Crippen LogP contribution < -0.4 is 37.9 Å². The fraction of sp³-hybridized carbons (Fsp3) is 0.200. The zero-order chi connectivity index (χ0) is 49.1. The Hall–Kier alpha value is -5.92. The second-order valence-corrected chi connectivity index (χ2v) is 22.6. The average Bonchev–Trinajstić information content (AvgIpc) is 3.35. The van der Waals surface area contributed by atoms with Crippen LogP contribution in [0.4, 0.5) is 0 Å². The van der Waals surface area contributed by atoms with Gasteiger partial charge in [-0.05, 0) is 123 Å². The van der Waals surface area contributed by atoms with E-state index in [-0.39, 0.29) is 27.2 Å². The fourth-order valence-electron chi connectivity index (χ4n) is 11.9. The molecule has 0 fully saturated rings. The zero-order valence-electron chi connectivity index (χ0n) is 39.5. The van der Waals surface area contributed by atoms with Crippen LogP contribution in [0.15, 0.2) is 139 Å². The molecule has 12 heteroatoms. The summed E-state index contributed by atoms with van der Waals surface area (Å²) in [7, 11) is 0. The molecule has 0 saturated carbocycles. The van der Waals surface area contributed by atoms with Crippen LogP contribution in [-0.2, 0) is 0 Å². The topological polar surface area (TPSA) is 73.8 Å². The number of halogens is 4. The molecule has 0 N–H and O–H groups in total. The lowest BCUT2D eigenvalue weighted by Gasteiger charge is -2.37. The molecule has 13 rings (SSSR count). The molecule has 8 bridgehead atoms. The normalized spacial score (nSPS) is 18.7. The second kappa shape index (κ2) is 17.9. The Morgan fingerprint density at radius 2 is 0.417 bits per heavy atom. The van der Waals surface area contributed by atoms with E-state index in [0.29, 0.717) is 46.0 Å². The molecule has 5 aliphatic rings. The van der Waals surface area contributed by atoms with E-state index in [1.54, 1.807) is 0 Å². The molecule has 0 unspecified atom stereocenters. The van der Waals surface area contributed by atoms with Crippen molar-refractivity contribution >= 4 is 63.7 Å². The molecule has 0 radical (unpaired) electrons. The van der Waals surface area contributed by atoms with Gasteiger partial charge in [0.25, 0.3) is 0 Å². The summed E-state index contributed by atoms with van der Waals surface area (Å²) in [6.07, 6.45) is 0. The summed E-state index contributed by atoms with van der Waals surface area (Å²) in [6.45, 7) is 8.14. The Balaban J connectivity index is 1.26. The molecule has 0 spiro atoms. The van der Waals surface area contributed by atoms with Crippen LogP contribution in [0.1, 0.15) is 113 Å². The van der Waals surface area contributed by atoms with Crippen LogP contribution >= 0.6 is 63.7 Å². The average molecular weight is 1210 g/mol. The maximum absolute atomic E-state index is 6.87. The lowest BCUT2D eigenvalue weighted by atomic mass is 9.73. The van der Waals surface area contributed by atoms with Crippen molar-refractivity contribution in [3.63, 3.8) is 0 Å². The van der Waals surface area contributed by atoms with Crippen molar-refractivity contribution in [2.45, 2.75) is 51.4 Å². The predicted molar refractivity (Wildman–Crippen MR) is 290 cm³/mol. The van der Waals surface area contributed by atoms with Gasteiger partial charge in [-0.25, -0.2) is 0 Å². The van der Waals surface area contributed by atoms with E-state index >= 15 is 0 Å². The van der Waals surface area contributed by atoms with Crippen molar-refractivity contribution in [3.8, 4) is 46.0 Å². The van der Waals surface area contributed by atoms with Crippen molar-refractivity contribution < 1.29 is 37.9 Å². The summed E-state index contributed by atoms with van der Waals surface area (Å²) in [5.41, 5.74) is 15.4. The van der Waals surface area contributed by atoms with Crippen molar-refractivity contribution in [2.24, 2.45) is 0 Å². The van der Waals surface area contributed by atoms with Gasteiger partial charge in [-0.1, -0.05) is 112 Å². The molecule has 4 aliphatic heterocycles. The standard InChI is InChI=1S/C60H44Br4O8/c1-29-53-41-21-42-50(34-7-15-38(62)16-8-34)44-23-46-52(36-11-19-40(64)20-12-36)48-24-47-51(35-9-17-39(63)18-10-35)45-22-43(49(41)33-5-13-37(61)14-6-33)55(67-25-65-53)30(2)57(45)69-27-71-59(47)32(4)60(48)72-28-70-58(46)31(3)56(44)68-26-66-54(29)42/h5-24,49-52H,25-28H2,1-4H3. The first-order valence-electron chi connectivity index (χ1n) is 23.8. The molecule has 360 valence electrons. The van der Waals surface area contributed by atoms with E-state index in [2.05, 4.69) is 213 Å². The summed E-state index contributed by atoms with van der Waals surface area (Å²) in [4.78, 5) is 0. The van der Waals surface area contributed by atoms with Gasteiger partial charge in [-0.2, -0.15) is 0 Å². The highest BCUT2D eigenvalue weighted by atomic mass is 79.9. The molecule has 8 nitrogen and oxygen atoms in total. The van der Waals surface area contributed by atoms with Gasteiger partial charge in [-0.15, -0.1) is 0 Å². The highest BCUT2D eigenvalue weighted by molar-refractivity contribution is 9.11. The maximum Gasteiger partial charge on any atom is 0.230 e. The maximum atomic E-state index is 6.87. The second-order valence-electron chi connectivity index (χ2n) is 18.9. The van der Waals surface area contributed by atoms with Crippen LogP contribution in [0.2, 0.25) is 0 Å². The lowest BCUT2D eigenvalue weighted by molar-refractivity contribution is 0.0967. The van der Waals surface area contributed by atoms with Gasteiger partial charge in [0.15, 0.2) is 0 Å². The van der Waals surface area contributed by atoms with Crippen molar-refractivity contribution in [3.05, 3.63) is 228 Å². The third-order valence-corrected chi connectivity index (χ3v) is 17.1. The third-order valence-electron chi connectivity index (χ3n) is 15.0. The molecular weight excluding hydrogens is 1170 g/mol. The van der Waals surface area contributed by atoms with E-state index in [9.17, 15) is 0 Å². The lowest BCUT2D eigenvalue weighted by Crippen LogP contribution is -2.25. The van der Waals surface area contributed by atoms with Crippen LogP contribution in [0.3, 0.4) is 0 Å². The first-order chi connectivity index (χ1) is 35.0. The molecule has 4 heterocycles. The first-order valence-corrected chi connectivity index (χ1v) is 26.9. The highest BCUT2D eigenvalue weighted by Gasteiger charge is 2.41. The van der Waals surface area contributed by atoms with Gasteiger partial charge >= 0.3 is 0 Å². The van der Waals surface area contributed by atoms with Gasteiger partial charge in [0.05, 0.1) is 0 Å². The minimum absolute atomic E-state index is 0.0502. The van der Waals surface area contributed by atoms with Gasteiger partial charge in [0, 0.05) is 108 Å². The van der Waals surface area contributed by atoms with Crippen molar-refractivity contribution in [2.75, 3.05) is 27.2 Å². The Morgan fingerprint density at radius 3 is 0.569 bits per heavy atom. The Kier molecular flexibility index (Phi) is 11.4. The number of ether oxygens (including phenoxy) is 8. The summed E-state index contributed by atoms with van der Waals surface area (Å²) >= 11 is 15.0. The van der Waals surface area contributed by atoms with Crippen LogP contribution in [0, 0.1) is 27.7 Å². The Bertz CT molecular complexity index is 2930. The monoisotopic (exact) mass is 1210 g/mol.